The minimum atomic E-state index is 0.529. The van der Waals surface area contributed by atoms with Crippen molar-refractivity contribution >= 4 is 11.0 Å². The van der Waals surface area contributed by atoms with Gasteiger partial charge in [0.2, 0.25) is 0 Å². The fraction of sp³-hybridized carbons (Fsp3) is 0.429. The second kappa shape index (κ2) is 5.40. The zero-order valence-corrected chi connectivity index (χ0v) is 15.2. The van der Waals surface area contributed by atoms with Crippen molar-refractivity contribution in [3.8, 4) is 0 Å². The Balaban J connectivity index is 1.68. The van der Waals surface area contributed by atoms with Gasteiger partial charge in [-0.15, -0.1) is 0 Å². The van der Waals surface area contributed by atoms with Crippen LogP contribution >= 0.6 is 0 Å². The Hall–Kier alpha value is -2.20. The fourth-order valence-electron chi connectivity index (χ4n) is 4.81. The first-order valence-electron chi connectivity index (χ1n) is 9.20. The van der Waals surface area contributed by atoms with Crippen molar-refractivity contribution in [2.75, 3.05) is 13.6 Å². The van der Waals surface area contributed by atoms with Gasteiger partial charge in [0.25, 0.3) is 0 Å². The van der Waals surface area contributed by atoms with Crippen LogP contribution in [0.15, 0.2) is 30.5 Å². The number of likely N-dealkylation sites (N-methyl/N-ethyl adjacent to an activating group) is 1. The summed E-state index contributed by atoms with van der Waals surface area (Å²) >= 11 is 0. The highest BCUT2D eigenvalue weighted by Crippen LogP contribution is 2.44. The first-order valence-corrected chi connectivity index (χ1v) is 9.20. The molecule has 0 saturated carbocycles. The van der Waals surface area contributed by atoms with Gasteiger partial charge in [-0.05, 0) is 51.1 Å². The van der Waals surface area contributed by atoms with Crippen molar-refractivity contribution in [2.24, 2.45) is 0 Å². The number of nitrogens with zero attached hydrogens (tertiary/aromatic N) is 4. The molecule has 2 aliphatic heterocycles. The number of hydrogen-bond donors (Lipinski definition) is 0. The van der Waals surface area contributed by atoms with Crippen LogP contribution in [0.3, 0.4) is 0 Å². The summed E-state index contributed by atoms with van der Waals surface area (Å²) in [7, 11) is 2.24. The molecular formula is C21H24N4. The summed E-state index contributed by atoms with van der Waals surface area (Å²) in [6.07, 6.45) is 3.28. The number of aryl methyl sites for hydroxylation is 2. The molecule has 25 heavy (non-hydrogen) atoms. The first-order chi connectivity index (χ1) is 12.1. The summed E-state index contributed by atoms with van der Waals surface area (Å²) in [6, 6.07) is 8.82. The molecule has 3 aromatic rings. The molecule has 0 amide bonds. The molecule has 0 N–H and O–H groups in total. The Kier molecular flexibility index (Phi) is 3.26. The lowest BCUT2D eigenvalue weighted by atomic mass is 9.81. The number of rotatable bonds is 1. The summed E-state index contributed by atoms with van der Waals surface area (Å²) in [5.41, 5.74) is 9.09. The number of fused-ring (bicyclic) bond motifs is 3. The Morgan fingerprint density at radius 2 is 1.84 bits per heavy atom. The van der Waals surface area contributed by atoms with Crippen LogP contribution in [0.25, 0.3) is 11.0 Å². The van der Waals surface area contributed by atoms with Gasteiger partial charge in [0.1, 0.15) is 0 Å². The van der Waals surface area contributed by atoms with Crippen LogP contribution in [0.4, 0.5) is 0 Å². The van der Waals surface area contributed by atoms with Crippen molar-refractivity contribution in [1.82, 2.24) is 19.4 Å². The normalized spacial score (nSPS) is 23.0. The summed E-state index contributed by atoms with van der Waals surface area (Å²) in [5, 5.41) is 0. The van der Waals surface area contributed by atoms with Gasteiger partial charge < -0.3 is 9.47 Å². The van der Waals surface area contributed by atoms with E-state index in [1.807, 2.05) is 0 Å². The topological polar surface area (TPSA) is 34.0 Å². The van der Waals surface area contributed by atoms with Crippen LogP contribution in [0.1, 0.15) is 46.5 Å². The quantitative estimate of drug-likeness (QED) is 0.680. The molecule has 0 saturated heterocycles. The molecule has 2 atom stereocenters. The molecule has 5 rings (SSSR count). The highest BCUT2D eigenvalue weighted by molar-refractivity contribution is 5.82. The standard InChI is InChI=1S/C21H24N4/c1-13-4-6-15(9-22-13)16-8-17-10-24(3)12-18-20-19(7-5-14(2)23-20)25(11-16)21(17)18/h4-7,9,16-17H,8,10-12H2,1-3H3. The summed E-state index contributed by atoms with van der Waals surface area (Å²) in [5.74, 6) is 1.12. The minimum Gasteiger partial charge on any atom is -0.342 e. The minimum absolute atomic E-state index is 0.529. The average molecular weight is 332 g/mol. The lowest BCUT2D eigenvalue weighted by Gasteiger charge is -2.38. The van der Waals surface area contributed by atoms with Gasteiger partial charge in [0, 0.05) is 60.3 Å². The van der Waals surface area contributed by atoms with Crippen LogP contribution in [-0.4, -0.2) is 33.0 Å². The maximum Gasteiger partial charge on any atom is 0.0932 e. The molecule has 0 radical (unpaired) electrons. The maximum absolute atomic E-state index is 4.90. The Morgan fingerprint density at radius 1 is 1.00 bits per heavy atom. The van der Waals surface area contributed by atoms with Crippen LogP contribution in [0.5, 0.6) is 0 Å². The summed E-state index contributed by atoms with van der Waals surface area (Å²) < 4.78 is 2.56. The molecule has 2 aliphatic rings. The Bertz CT molecular complexity index is 954. The van der Waals surface area contributed by atoms with Gasteiger partial charge in [-0.2, -0.15) is 0 Å². The van der Waals surface area contributed by atoms with Crippen molar-refractivity contribution in [1.29, 1.82) is 0 Å². The first kappa shape index (κ1) is 15.1. The van der Waals surface area contributed by atoms with Gasteiger partial charge in [-0.3, -0.25) is 9.97 Å². The van der Waals surface area contributed by atoms with E-state index in [1.54, 1.807) is 5.69 Å². The lowest BCUT2D eigenvalue weighted by molar-refractivity contribution is 0.244. The van der Waals surface area contributed by atoms with Crippen molar-refractivity contribution in [2.45, 2.75) is 45.2 Å². The zero-order chi connectivity index (χ0) is 17.1. The van der Waals surface area contributed by atoms with Crippen LogP contribution in [0.2, 0.25) is 0 Å². The van der Waals surface area contributed by atoms with Crippen molar-refractivity contribution < 1.29 is 0 Å². The third-order valence-corrected chi connectivity index (χ3v) is 5.91. The summed E-state index contributed by atoms with van der Waals surface area (Å²) in [4.78, 5) is 11.9. The second-order valence-electron chi connectivity index (χ2n) is 7.85. The van der Waals surface area contributed by atoms with E-state index < -0.39 is 0 Å². The molecule has 0 aliphatic carbocycles. The molecule has 5 heterocycles. The van der Waals surface area contributed by atoms with E-state index in [2.05, 4.69) is 65.8 Å². The van der Waals surface area contributed by atoms with Gasteiger partial charge in [-0.25, -0.2) is 0 Å². The zero-order valence-electron chi connectivity index (χ0n) is 15.2. The third-order valence-electron chi connectivity index (χ3n) is 5.91. The van der Waals surface area contributed by atoms with E-state index >= 15 is 0 Å². The molecule has 0 aromatic carbocycles. The van der Waals surface area contributed by atoms with Crippen LogP contribution in [0, 0.1) is 13.8 Å². The largest absolute Gasteiger partial charge is 0.342 e. The van der Waals surface area contributed by atoms with Crippen molar-refractivity contribution in [3.05, 3.63) is 58.7 Å². The van der Waals surface area contributed by atoms with Crippen LogP contribution in [-0.2, 0) is 13.1 Å². The summed E-state index contributed by atoms with van der Waals surface area (Å²) in [6.45, 7) is 7.34. The molecule has 128 valence electrons. The molecule has 3 aromatic heterocycles. The highest BCUT2D eigenvalue weighted by atomic mass is 15.1. The smallest absolute Gasteiger partial charge is 0.0932 e. The number of hydrogen-bond acceptors (Lipinski definition) is 3. The van der Waals surface area contributed by atoms with Gasteiger partial charge >= 0.3 is 0 Å². The third kappa shape index (κ3) is 2.31. The Morgan fingerprint density at radius 3 is 2.64 bits per heavy atom. The highest BCUT2D eigenvalue weighted by Gasteiger charge is 2.36. The van der Waals surface area contributed by atoms with Crippen molar-refractivity contribution in [3.63, 3.8) is 0 Å². The van der Waals surface area contributed by atoms with Crippen LogP contribution < -0.4 is 0 Å². The monoisotopic (exact) mass is 332 g/mol. The second-order valence-corrected chi connectivity index (χ2v) is 7.85. The average Bonchev–Trinajstić information content (AvgIpc) is 2.89. The number of pyridine rings is 2. The molecule has 2 unspecified atom stereocenters. The molecular weight excluding hydrogens is 308 g/mol. The number of aromatic nitrogens is 3. The Labute approximate surface area is 148 Å². The van der Waals surface area contributed by atoms with E-state index in [0.717, 1.165) is 31.0 Å². The van der Waals surface area contributed by atoms with Gasteiger partial charge in [0.15, 0.2) is 0 Å². The van der Waals surface area contributed by atoms with E-state index in [9.17, 15) is 0 Å². The predicted molar refractivity (Wildman–Crippen MR) is 99.9 cm³/mol. The molecule has 0 spiro atoms. The van der Waals surface area contributed by atoms with Gasteiger partial charge in [0.05, 0.1) is 11.0 Å². The predicted octanol–water partition coefficient (Wildman–Crippen LogP) is 3.76. The van der Waals surface area contributed by atoms with E-state index in [-0.39, 0.29) is 0 Å². The van der Waals surface area contributed by atoms with E-state index in [0.29, 0.717) is 11.8 Å². The van der Waals surface area contributed by atoms with E-state index in [1.165, 1.54) is 28.6 Å². The van der Waals surface area contributed by atoms with Gasteiger partial charge in [-0.1, -0.05) is 6.07 Å². The molecule has 0 fully saturated rings. The lowest BCUT2D eigenvalue weighted by Crippen LogP contribution is -2.35. The molecule has 4 nitrogen and oxygen atoms in total. The SMILES string of the molecule is Cc1ccc(C2CC3CN(C)Cc4c3n(c3ccc(C)nc43)C2)cn1. The molecule has 0 bridgehead atoms. The maximum atomic E-state index is 4.90. The van der Waals surface area contributed by atoms with E-state index in [4.69, 9.17) is 4.98 Å². The molecule has 4 heteroatoms. The fourth-order valence-corrected chi connectivity index (χ4v) is 4.81.